The van der Waals surface area contributed by atoms with Crippen LogP contribution in [0.5, 0.6) is 0 Å². The second-order valence-corrected chi connectivity index (χ2v) is 8.39. The van der Waals surface area contributed by atoms with Gasteiger partial charge in [0.15, 0.2) is 0 Å². The van der Waals surface area contributed by atoms with Crippen LogP contribution < -0.4 is 16.4 Å². The van der Waals surface area contributed by atoms with E-state index in [4.69, 9.17) is 30.6 Å². The van der Waals surface area contributed by atoms with Crippen LogP contribution in [-0.4, -0.2) is 26.0 Å². The Morgan fingerprint density at radius 3 is 2.09 bits per heavy atom. The van der Waals surface area contributed by atoms with E-state index in [-0.39, 0.29) is 12.7 Å². The average Bonchev–Trinajstić information content (AvgIpc) is 3.47. The van der Waals surface area contributed by atoms with Crippen LogP contribution in [-0.2, 0) is 33.8 Å². The Morgan fingerprint density at radius 1 is 0.750 bits per heavy atom. The van der Waals surface area contributed by atoms with E-state index in [0.29, 0.717) is 25.6 Å². The summed E-state index contributed by atoms with van der Waals surface area (Å²) in [5, 5.41) is 9.92. The minimum atomic E-state index is -0.870. The lowest BCUT2D eigenvalue weighted by molar-refractivity contribution is 0.275. The van der Waals surface area contributed by atoms with Crippen molar-refractivity contribution in [2.45, 2.75) is 33.5 Å². The molecule has 3 aliphatic heterocycles. The lowest BCUT2D eigenvalue weighted by atomic mass is 9.64. The smallest absolute Gasteiger partial charge is 0.427 e. The fourth-order valence-electron chi connectivity index (χ4n) is 3.97. The molecule has 0 radical (unpaired) electrons. The van der Waals surface area contributed by atoms with Gasteiger partial charge in [0.25, 0.3) is 0 Å². The molecule has 0 atom stereocenters. The van der Waals surface area contributed by atoms with Crippen LogP contribution in [0.1, 0.15) is 16.7 Å². The van der Waals surface area contributed by atoms with Gasteiger partial charge >= 0.3 is 20.9 Å². The van der Waals surface area contributed by atoms with Gasteiger partial charge in [-0.15, -0.1) is 0 Å². The zero-order valence-corrected chi connectivity index (χ0v) is 18.8. The van der Waals surface area contributed by atoms with Crippen molar-refractivity contribution < 1.29 is 23.4 Å². The summed E-state index contributed by atoms with van der Waals surface area (Å²) in [7, 11) is -0.870. The van der Waals surface area contributed by atoms with Crippen LogP contribution in [0.4, 0.5) is 4.39 Å². The van der Waals surface area contributed by atoms with Crippen LogP contribution in [0, 0.1) is 5.82 Å². The lowest BCUT2D eigenvalue weighted by Crippen LogP contribution is -2.27. The SMILES string of the molecule is CB1OCc2cc(Cl)ccc21.CB1OCc2ccccc21.OB1OCc2cc(F)ccc21. The first-order valence-corrected chi connectivity index (χ1v) is 11.0. The van der Waals surface area contributed by atoms with Crippen molar-refractivity contribution in [3.05, 3.63) is 88.2 Å². The average molecular weight is 450 g/mol. The highest BCUT2D eigenvalue weighted by molar-refractivity contribution is 6.68. The van der Waals surface area contributed by atoms with Crippen molar-refractivity contribution >= 4 is 48.9 Å². The van der Waals surface area contributed by atoms with Gasteiger partial charge in [-0.2, -0.15) is 0 Å². The fraction of sp³-hybridized carbons (Fsp3) is 0.217. The molecule has 3 aromatic carbocycles. The van der Waals surface area contributed by atoms with E-state index in [1.165, 1.54) is 34.2 Å². The second kappa shape index (κ2) is 10.2. The lowest BCUT2D eigenvalue weighted by Gasteiger charge is -1.97. The van der Waals surface area contributed by atoms with Crippen molar-refractivity contribution in [1.29, 1.82) is 0 Å². The normalized spacial score (nSPS) is 15.3. The van der Waals surface area contributed by atoms with E-state index in [2.05, 4.69) is 37.9 Å². The number of hydrogen-bond acceptors (Lipinski definition) is 4. The minimum absolute atomic E-state index is 0.238. The maximum Gasteiger partial charge on any atom is 0.491 e. The van der Waals surface area contributed by atoms with E-state index in [0.717, 1.165) is 17.2 Å². The fourth-order valence-corrected chi connectivity index (χ4v) is 4.16. The molecule has 0 amide bonds. The molecule has 0 unspecified atom stereocenters. The van der Waals surface area contributed by atoms with E-state index < -0.39 is 7.12 Å². The Hall–Kier alpha value is -2.09. The van der Waals surface area contributed by atoms with Crippen LogP contribution in [0.25, 0.3) is 0 Å². The summed E-state index contributed by atoms with van der Waals surface area (Å²) >= 11 is 5.82. The van der Waals surface area contributed by atoms with Gasteiger partial charge in [-0.3, -0.25) is 0 Å². The summed E-state index contributed by atoms with van der Waals surface area (Å²) in [5.74, 6) is -0.290. The molecule has 32 heavy (non-hydrogen) atoms. The van der Waals surface area contributed by atoms with Gasteiger partial charge in [0.1, 0.15) is 5.82 Å². The molecule has 162 valence electrons. The van der Waals surface area contributed by atoms with E-state index >= 15 is 0 Å². The third kappa shape index (κ3) is 5.28. The van der Waals surface area contributed by atoms with Gasteiger partial charge in [-0.25, -0.2) is 4.39 Å². The van der Waals surface area contributed by atoms with E-state index in [1.54, 1.807) is 6.07 Å². The van der Waals surface area contributed by atoms with Gasteiger partial charge in [0, 0.05) is 5.02 Å². The van der Waals surface area contributed by atoms with Crippen molar-refractivity contribution in [1.82, 2.24) is 0 Å². The molecule has 6 rings (SSSR count). The summed E-state index contributed by atoms with van der Waals surface area (Å²) in [5.41, 5.74) is 6.60. The first-order valence-electron chi connectivity index (χ1n) is 10.6. The first-order chi connectivity index (χ1) is 15.4. The molecule has 0 saturated carbocycles. The quantitative estimate of drug-likeness (QED) is 0.536. The van der Waals surface area contributed by atoms with Gasteiger partial charge < -0.3 is 19.0 Å². The third-order valence-electron chi connectivity index (χ3n) is 5.78. The molecule has 9 heteroatoms. The highest BCUT2D eigenvalue weighted by Gasteiger charge is 2.27. The number of rotatable bonds is 0. The first kappa shape index (κ1) is 23.1. The molecule has 3 heterocycles. The molecule has 0 fully saturated rings. The zero-order valence-electron chi connectivity index (χ0n) is 18.1. The van der Waals surface area contributed by atoms with E-state index in [1.807, 2.05) is 18.2 Å². The predicted molar refractivity (Wildman–Crippen MR) is 129 cm³/mol. The van der Waals surface area contributed by atoms with E-state index in [9.17, 15) is 4.39 Å². The zero-order chi connectivity index (χ0) is 22.7. The molecular formula is C23H23B3ClFO4. The Balaban J connectivity index is 0.000000115. The molecule has 3 aliphatic rings. The Kier molecular flexibility index (Phi) is 7.39. The number of benzene rings is 3. The largest absolute Gasteiger partial charge is 0.491 e. The standard InChI is InChI=1S/C8H8BClO.C8H9BO.C7H6BFO2/c1-9-8-3-2-7(10)4-6(8)5-11-9;1-9-8-5-3-2-4-7(8)6-10-9;9-6-1-2-7-5(3-6)4-11-8(7)10/h2-4H,5H2,1H3;2-5H,6H2,1H3;1-3,10H,4H2. The van der Waals surface area contributed by atoms with Crippen molar-refractivity contribution in [3.63, 3.8) is 0 Å². The molecular weight excluding hydrogens is 427 g/mol. The summed E-state index contributed by atoms with van der Waals surface area (Å²) in [6, 6.07) is 18.5. The van der Waals surface area contributed by atoms with Gasteiger partial charge in [-0.1, -0.05) is 61.6 Å². The highest BCUT2D eigenvalue weighted by Crippen LogP contribution is 2.15. The molecule has 4 nitrogen and oxygen atoms in total. The molecule has 0 aromatic heterocycles. The molecule has 0 saturated heterocycles. The van der Waals surface area contributed by atoms with Crippen molar-refractivity contribution in [2.75, 3.05) is 0 Å². The van der Waals surface area contributed by atoms with Crippen LogP contribution >= 0.6 is 11.6 Å². The maximum atomic E-state index is 12.6. The Morgan fingerprint density at radius 2 is 1.34 bits per heavy atom. The topological polar surface area (TPSA) is 47.9 Å². The molecule has 3 aromatic rings. The van der Waals surface area contributed by atoms with Crippen LogP contribution in [0.3, 0.4) is 0 Å². The highest BCUT2D eigenvalue weighted by atomic mass is 35.5. The number of fused-ring (bicyclic) bond motifs is 3. The van der Waals surface area contributed by atoms with Crippen molar-refractivity contribution in [3.8, 4) is 0 Å². The van der Waals surface area contributed by atoms with Gasteiger partial charge in [0.05, 0.1) is 19.8 Å². The predicted octanol–water partition coefficient (Wildman–Crippen LogP) is 2.79. The monoisotopic (exact) mass is 450 g/mol. The number of halogens is 2. The Labute approximate surface area is 194 Å². The summed E-state index contributed by atoms with van der Waals surface area (Å²) < 4.78 is 28.3. The minimum Gasteiger partial charge on any atom is -0.427 e. The maximum absolute atomic E-state index is 12.6. The van der Waals surface area contributed by atoms with Crippen LogP contribution in [0.2, 0.25) is 18.7 Å². The molecule has 0 bridgehead atoms. The third-order valence-corrected chi connectivity index (χ3v) is 6.02. The summed E-state index contributed by atoms with van der Waals surface area (Å²) in [6.07, 6.45) is 0. The van der Waals surface area contributed by atoms with Gasteiger partial charge in [-0.05, 0) is 57.3 Å². The molecule has 0 spiro atoms. The second-order valence-electron chi connectivity index (χ2n) is 7.95. The van der Waals surface area contributed by atoms with Gasteiger partial charge in [0.2, 0.25) is 0 Å². The molecule has 0 aliphatic carbocycles. The van der Waals surface area contributed by atoms with Crippen LogP contribution in [0.15, 0.2) is 60.7 Å². The summed E-state index contributed by atoms with van der Waals surface area (Å²) in [6.45, 7) is 6.48. The summed E-state index contributed by atoms with van der Waals surface area (Å²) in [4.78, 5) is 0. The van der Waals surface area contributed by atoms with Crippen molar-refractivity contribution in [2.24, 2.45) is 0 Å². The number of hydrogen-bond donors (Lipinski definition) is 1. The Bertz CT molecular complexity index is 1040. The molecule has 1 N–H and O–H groups in total.